The van der Waals surface area contributed by atoms with Gasteiger partial charge in [-0.05, 0) is 38.0 Å². The molecule has 0 radical (unpaired) electrons. The molecule has 1 aromatic carbocycles. The fourth-order valence-corrected chi connectivity index (χ4v) is 1.25. The number of hydrogen-bond acceptors (Lipinski definition) is 0. The van der Waals surface area contributed by atoms with E-state index in [1.54, 1.807) is 0 Å². The average molecular weight is 222 g/mol. The fraction of sp³-hybridized carbons (Fsp3) is 0.176. The van der Waals surface area contributed by atoms with Crippen molar-refractivity contribution in [1.29, 1.82) is 0 Å². The maximum absolute atomic E-state index is 3.78. The molecule has 86 valence electrons. The molecule has 0 bridgehead atoms. The quantitative estimate of drug-likeness (QED) is 0.506. The van der Waals surface area contributed by atoms with Crippen LogP contribution in [0, 0.1) is 11.8 Å². The molecule has 1 aromatic rings. The normalized spacial score (nSPS) is 9.59. The van der Waals surface area contributed by atoms with Crippen molar-refractivity contribution in [3.8, 4) is 11.8 Å². The van der Waals surface area contributed by atoms with Crippen LogP contribution < -0.4 is 0 Å². The first-order valence-corrected chi connectivity index (χ1v) is 5.67. The van der Waals surface area contributed by atoms with Crippen molar-refractivity contribution in [1.82, 2.24) is 0 Å². The molecule has 0 heteroatoms. The van der Waals surface area contributed by atoms with Crippen molar-refractivity contribution in [2.24, 2.45) is 0 Å². The molecule has 0 N–H and O–H groups in total. The van der Waals surface area contributed by atoms with Gasteiger partial charge in [0.25, 0.3) is 0 Å². The van der Waals surface area contributed by atoms with E-state index in [0.717, 1.165) is 11.1 Å². The highest BCUT2D eigenvalue weighted by Crippen LogP contribution is 2.08. The summed E-state index contributed by atoms with van der Waals surface area (Å²) in [7, 11) is 0. The van der Waals surface area contributed by atoms with Crippen LogP contribution in [0.1, 0.15) is 26.3 Å². The van der Waals surface area contributed by atoms with Crippen LogP contribution in [-0.2, 0) is 0 Å². The first-order valence-electron chi connectivity index (χ1n) is 5.67. The van der Waals surface area contributed by atoms with E-state index in [1.165, 1.54) is 11.1 Å². The number of rotatable bonds is 2. The summed E-state index contributed by atoms with van der Waals surface area (Å²) in [4.78, 5) is 0. The van der Waals surface area contributed by atoms with Crippen LogP contribution in [0.25, 0.3) is 6.08 Å². The van der Waals surface area contributed by atoms with Crippen molar-refractivity contribution in [2.75, 3.05) is 0 Å². The lowest BCUT2D eigenvalue weighted by atomic mass is 10.1. The van der Waals surface area contributed by atoms with E-state index in [0.29, 0.717) is 0 Å². The Bertz CT molecular complexity index is 498. The van der Waals surface area contributed by atoms with Crippen molar-refractivity contribution >= 4 is 6.08 Å². The van der Waals surface area contributed by atoms with Gasteiger partial charge in [-0.2, -0.15) is 0 Å². The van der Waals surface area contributed by atoms with Gasteiger partial charge in [0.05, 0.1) is 0 Å². The minimum Gasteiger partial charge on any atom is -0.0877 e. The third-order valence-electron chi connectivity index (χ3n) is 2.19. The van der Waals surface area contributed by atoms with Gasteiger partial charge in [-0.15, -0.1) is 0 Å². The zero-order chi connectivity index (χ0) is 12.7. The summed E-state index contributed by atoms with van der Waals surface area (Å²) in [6.45, 7) is 9.83. The van der Waals surface area contributed by atoms with Crippen LogP contribution in [-0.4, -0.2) is 0 Å². The molecule has 1 rings (SSSR count). The minimum atomic E-state index is 0.886. The predicted molar refractivity (Wildman–Crippen MR) is 76.4 cm³/mol. The molecule has 0 spiro atoms. The zero-order valence-electron chi connectivity index (χ0n) is 10.7. The number of allylic oxidation sites excluding steroid dienone is 4. The molecule has 0 atom stereocenters. The van der Waals surface area contributed by atoms with Gasteiger partial charge in [0.1, 0.15) is 0 Å². The highest BCUT2D eigenvalue weighted by Gasteiger charge is 1.90. The minimum absolute atomic E-state index is 0.886. The molecule has 0 aliphatic carbocycles. The lowest BCUT2D eigenvalue weighted by molar-refractivity contribution is 1.36. The molecular formula is C17H18. The molecule has 0 aliphatic heterocycles. The molecule has 0 aliphatic rings. The van der Waals surface area contributed by atoms with Crippen LogP contribution in [0.15, 0.2) is 59.7 Å². The first kappa shape index (κ1) is 13.1. The van der Waals surface area contributed by atoms with Crippen molar-refractivity contribution in [2.45, 2.75) is 20.8 Å². The summed E-state index contributed by atoms with van der Waals surface area (Å²) in [5.74, 6) is 6.14. The van der Waals surface area contributed by atoms with Gasteiger partial charge in [0.15, 0.2) is 0 Å². The topological polar surface area (TPSA) is 0 Å². The second-order valence-corrected chi connectivity index (χ2v) is 4.19. The highest BCUT2D eigenvalue weighted by molar-refractivity contribution is 5.57. The van der Waals surface area contributed by atoms with Crippen LogP contribution in [0.5, 0.6) is 0 Å². The smallest absolute Gasteiger partial charge is 0.0235 e. The number of hydrogen-bond donors (Lipinski definition) is 0. The van der Waals surface area contributed by atoms with Gasteiger partial charge in [-0.25, -0.2) is 0 Å². The van der Waals surface area contributed by atoms with Gasteiger partial charge < -0.3 is 0 Å². The van der Waals surface area contributed by atoms with Gasteiger partial charge in [-0.3, -0.25) is 0 Å². The molecule has 0 amide bonds. The third kappa shape index (κ3) is 5.04. The van der Waals surface area contributed by atoms with Gasteiger partial charge in [-0.1, -0.05) is 60.4 Å². The summed E-state index contributed by atoms with van der Waals surface area (Å²) in [5.41, 5.74) is 4.34. The van der Waals surface area contributed by atoms with E-state index in [2.05, 4.69) is 56.6 Å². The maximum atomic E-state index is 3.78. The Labute approximate surface area is 104 Å². The molecule has 0 nitrogen and oxygen atoms in total. The standard InChI is InChI=1S/C17H18/c1-14(2)10-12-17(15(3)4)13-11-16-8-6-5-7-9-16/h5-9,11,13H,1H2,2-4H3. The van der Waals surface area contributed by atoms with Crippen LogP contribution in [0.4, 0.5) is 0 Å². The first-order chi connectivity index (χ1) is 8.09. The Morgan fingerprint density at radius 1 is 1.06 bits per heavy atom. The van der Waals surface area contributed by atoms with E-state index >= 15 is 0 Å². The molecule has 17 heavy (non-hydrogen) atoms. The summed E-state index contributed by atoms with van der Waals surface area (Å²) in [6, 6.07) is 10.2. The maximum Gasteiger partial charge on any atom is 0.0235 e. The Kier molecular flexibility index (Phi) is 5.04. The van der Waals surface area contributed by atoms with E-state index < -0.39 is 0 Å². The molecular weight excluding hydrogens is 204 g/mol. The molecule has 0 unspecified atom stereocenters. The lowest BCUT2D eigenvalue weighted by Crippen LogP contribution is -1.78. The Morgan fingerprint density at radius 3 is 2.24 bits per heavy atom. The largest absolute Gasteiger partial charge is 0.0877 e. The molecule has 0 heterocycles. The predicted octanol–water partition coefficient (Wildman–Crippen LogP) is 4.62. The van der Waals surface area contributed by atoms with Crippen LogP contribution >= 0.6 is 0 Å². The zero-order valence-corrected chi connectivity index (χ0v) is 10.7. The molecule has 0 saturated heterocycles. The van der Waals surface area contributed by atoms with E-state index in [9.17, 15) is 0 Å². The summed E-state index contributed by atoms with van der Waals surface area (Å²) < 4.78 is 0. The van der Waals surface area contributed by atoms with Crippen molar-refractivity contribution in [3.63, 3.8) is 0 Å². The second kappa shape index (κ2) is 6.55. The lowest BCUT2D eigenvalue weighted by Gasteiger charge is -1.96. The monoisotopic (exact) mass is 222 g/mol. The van der Waals surface area contributed by atoms with E-state index in [1.807, 2.05) is 25.1 Å². The number of benzene rings is 1. The summed E-state index contributed by atoms with van der Waals surface area (Å²) in [5, 5.41) is 0. The molecule has 0 aromatic heterocycles. The Hall–Kier alpha value is -2.00. The Balaban J connectivity index is 2.92. The van der Waals surface area contributed by atoms with Gasteiger partial charge in [0, 0.05) is 5.57 Å². The Morgan fingerprint density at radius 2 is 1.71 bits per heavy atom. The van der Waals surface area contributed by atoms with Gasteiger partial charge in [0.2, 0.25) is 0 Å². The van der Waals surface area contributed by atoms with Crippen LogP contribution in [0.3, 0.4) is 0 Å². The van der Waals surface area contributed by atoms with E-state index in [4.69, 9.17) is 0 Å². The van der Waals surface area contributed by atoms with Gasteiger partial charge >= 0.3 is 0 Å². The van der Waals surface area contributed by atoms with Crippen LogP contribution in [0.2, 0.25) is 0 Å². The average Bonchev–Trinajstić information content (AvgIpc) is 2.29. The summed E-state index contributed by atoms with van der Waals surface area (Å²) in [6.07, 6.45) is 4.13. The fourth-order valence-electron chi connectivity index (χ4n) is 1.25. The molecule has 0 fully saturated rings. The highest BCUT2D eigenvalue weighted by atomic mass is 13.9. The summed E-state index contributed by atoms with van der Waals surface area (Å²) >= 11 is 0. The molecule has 0 saturated carbocycles. The third-order valence-corrected chi connectivity index (χ3v) is 2.19. The SMILES string of the molecule is C=C(C)C#CC(C=Cc1ccccc1)=C(C)C. The second-order valence-electron chi connectivity index (χ2n) is 4.19. The van der Waals surface area contributed by atoms with E-state index in [-0.39, 0.29) is 0 Å². The van der Waals surface area contributed by atoms with Crippen molar-refractivity contribution < 1.29 is 0 Å². The van der Waals surface area contributed by atoms with Crippen molar-refractivity contribution in [3.05, 3.63) is 65.3 Å².